The van der Waals surface area contributed by atoms with Gasteiger partial charge in [0.2, 0.25) is 0 Å². The van der Waals surface area contributed by atoms with Gasteiger partial charge in [0.15, 0.2) is 0 Å². The number of phenols is 1. The van der Waals surface area contributed by atoms with Gasteiger partial charge >= 0.3 is 38.7 Å². The summed E-state index contributed by atoms with van der Waals surface area (Å²) in [6.07, 6.45) is 0. The fraction of sp³-hybridized carbons (Fsp3) is 0. The maximum Gasteiger partial charge on any atom is 3.00 e. The van der Waals surface area contributed by atoms with E-state index >= 15 is 0 Å². The maximum absolute atomic E-state index is 10.5. The molecular weight excluding hydrogens is 557 g/mol. The molecule has 1 rings (SSSR count). The van der Waals surface area contributed by atoms with Crippen molar-refractivity contribution < 1.29 is 133 Å². The molecule has 30 heavy (non-hydrogen) atoms. The number of aromatic carboxylic acids is 1. The molecule has 29 N–H and O–H groups in total. The van der Waals surface area contributed by atoms with Gasteiger partial charge in [0, 0.05) is 10.4 Å². The van der Waals surface area contributed by atoms with Crippen molar-refractivity contribution in [2.45, 2.75) is 4.90 Å². The molecule has 20 nitrogen and oxygen atoms in total. The molecule has 1 aromatic rings. The number of carbonyl (C=O) groups is 1. The number of phenolic OH excluding ortho intramolecular Hbond substituents is 1. The van der Waals surface area contributed by atoms with E-state index < -0.39 is 37.1 Å². The van der Waals surface area contributed by atoms with Gasteiger partial charge in [-0.15, -0.1) is 0 Å². The summed E-state index contributed by atoms with van der Waals surface area (Å²) in [7, 11) is -9.94. The molecule has 0 fully saturated rings. The van der Waals surface area contributed by atoms with Gasteiger partial charge in [-0.1, -0.05) is 0 Å². The third-order valence-corrected chi connectivity index (χ3v) is 2.36. The summed E-state index contributed by atoms with van der Waals surface area (Å²) in [5.74, 6) is -2.19. The summed E-state index contributed by atoms with van der Waals surface area (Å²) in [5.41, 5.74) is -0.296. The fourth-order valence-corrected chi connectivity index (χ4v) is 1.41. The third kappa shape index (κ3) is 37.7. The molecule has 188 valence electrons. The summed E-state index contributed by atoms with van der Waals surface area (Å²) < 4.78 is 65.5. The van der Waals surface area contributed by atoms with E-state index in [9.17, 15) is 17.8 Å². The summed E-state index contributed by atoms with van der Waals surface area (Å²) in [4.78, 5) is 9.54. The van der Waals surface area contributed by atoms with Crippen LogP contribution in [0.1, 0.15) is 10.4 Å². The van der Waals surface area contributed by atoms with Crippen LogP contribution in [0.4, 0.5) is 0 Å². The van der Waals surface area contributed by atoms with Gasteiger partial charge in [0.05, 0.1) is 10.5 Å². The Hall–Kier alpha value is -1.03. The van der Waals surface area contributed by atoms with E-state index in [1.165, 1.54) is 0 Å². The monoisotopic (exact) mass is 589 g/mol. The van der Waals surface area contributed by atoms with E-state index in [-0.39, 0.29) is 93.0 Å². The van der Waals surface area contributed by atoms with E-state index in [4.69, 9.17) is 27.7 Å². The maximum atomic E-state index is 10.5. The van der Waals surface area contributed by atoms with E-state index in [2.05, 4.69) is 0 Å². The number of carboxylic acid groups (broad SMARTS) is 1. The predicted molar refractivity (Wildman–Crippen MR) is 98.4 cm³/mol. The zero-order valence-electron chi connectivity index (χ0n) is 14.8. The number of aromatic hydroxyl groups is 1. The van der Waals surface area contributed by atoms with Gasteiger partial charge in [-0.05, 0) is 18.2 Å². The van der Waals surface area contributed by atoms with Crippen LogP contribution in [0, 0.1) is 0 Å². The first kappa shape index (κ1) is 78.7. The van der Waals surface area contributed by atoms with Crippen molar-refractivity contribution in [1.29, 1.82) is 0 Å². The Kier molecular flexibility index (Phi) is 79.1. The zero-order valence-corrected chi connectivity index (χ0v) is 19.3. The van der Waals surface area contributed by atoms with Gasteiger partial charge in [-0.2, -0.15) is 0 Å². The SMILES string of the molecule is O.O.O.O=C(O)c1ccc(S(=O)(=O)[O-])c(O)c1.O=S(=O)([O-])[O-].[OH3+].[OH3+].[OH3+].[OH3+].[OH3+].[OH3+].[OH3+].[Y+3]. The Labute approximate surface area is 193 Å². The minimum atomic E-state index is -5.17. The Morgan fingerprint density at radius 3 is 1.20 bits per heavy atom. The molecule has 0 saturated heterocycles. The van der Waals surface area contributed by atoms with Gasteiger partial charge in [-0.25, -0.2) is 13.2 Å². The molecule has 0 spiro atoms. The normalized spacial score (nSPS) is 7.17. The molecule has 23 heteroatoms. The molecule has 1 aromatic carbocycles. The summed E-state index contributed by atoms with van der Waals surface area (Å²) in [6.45, 7) is 0. The number of carboxylic acids is 1. The minimum Gasteiger partial charge on any atom is -0.759 e. The Morgan fingerprint density at radius 2 is 1.03 bits per heavy atom. The molecule has 0 bridgehead atoms. The van der Waals surface area contributed by atoms with Gasteiger partial charge in [-0.3, -0.25) is 8.42 Å². The van der Waals surface area contributed by atoms with Crippen LogP contribution in [0.5, 0.6) is 5.75 Å². The first-order valence-electron chi connectivity index (χ1n) is 4.01. The molecule has 0 heterocycles. The molecule has 0 saturated carbocycles. The van der Waals surface area contributed by atoms with Crippen LogP contribution < -0.4 is 0 Å². The Balaban J connectivity index is -0.0000000186. The van der Waals surface area contributed by atoms with Crippen LogP contribution in [0.15, 0.2) is 23.1 Å². The van der Waals surface area contributed by atoms with E-state index in [0.717, 1.165) is 12.1 Å². The van der Waals surface area contributed by atoms with Crippen LogP contribution in [0.2, 0.25) is 0 Å². The average molecular weight is 589 g/mol. The minimum absolute atomic E-state index is 0. The van der Waals surface area contributed by atoms with E-state index in [1.807, 2.05) is 0 Å². The van der Waals surface area contributed by atoms with Crippen molar-refractivity contribution in [3.63, 3.8) is 0 Å². The Morgan fingerprint density at radius 1 is 0.767 bits per heavy atom. The largest absolute Gasteiger partial charge is 3.00 e. The van der Waals surface area contributed by atoms with Crippen molar-refractivity contribution in [3.05, 3.63) is 23.8 Å². The molecule has 0 radical (unpaired) electrons. The second kappa shape index (κ2) is 30.2. The standard InChI is InChI=1S/C7H6O6S.H2O4S.10H2O.Y/c8-5-3-4(7(9)10)1-2-6(5)14(11,12)13;1-5(2,3)4;;;;;;;;;;;/h1-3,8H,(H,9,10)(H,11,12,13);(H2,1,2,3,4);10*1H2;/q;;;;;;;;;;;;+3/p+4. The van der Waals surface area contributed by atoms with Gasteiger partial charge in [0.1, 0.15) is 15.9 Å². The van der Waals surface area contributed by atoms with Crippen molar-refractivity contribution in [3.8, 4) is 5.75 Å². The summed E-state index contributed by atoms with van der Waals surface area (Å²) >= 11 is 0. The topological polar surface area (TPSA) is 520 Å². The molecule has 0 aliphatic carbocycles. The molecule has 0 amide bonds. The molecule has 0 aliphatic rings. The molecule has 0 aliphatic heterocycles. The zero-order chi connectivity index (χ0) is 15.4. The second-order valence-electron chi connectivity index (χ2n) is 2.85. The number of rotatable bonds is 2. The summed E-state index contributed by atoms with van der Waals surface area (Å²) in [5, 5.41) is 17.5. The predicted octanol–water partition coefficient (Wildman–Crippen LogP) is -10.3. The average Bonchev–Trinajstić information content (AvgIpc) is 2.12. The van der Waals surface area contributed by atoms with Crippen molar-refractivity contribution in [2.75, 3.05) is 0 Å². The first-order valence-corrected chi connectivity index (χ1v) is 6.75. The Bertz CT molecular complexity index is 677. The number of benzene rings is 1. The number of hydrogen-bond donors (Lipinski definition) is 2. The van der Waals surface area contributed by atoms with Crippen LogP contribution >= 0.6 is 0 Å². The van der Waals surface area contributed by atoms with Crippen molar-refractivity contribution >= 4 is 26.5 Å². The molecule has 0 aromatic heterocycles. The third-order valence-electron chi connectivity index (χ3n) is 1.48. The van der Waals surface area contributed by atoms with Crippen molar-refractivity contribution in [2.24, 2.45) is 0 Å². The van der Waals surface area contributed by atoms with Crippen LogP contribution in [-0.4, -0.2) is 63.1 Å². The summed E-state index contributed by atoms with van der Waals surface area (Å²) in [6, 6.07) is 2.38. The molecule has 0 unspecified atom stereocenters. The van der Waals surface area contributed by atoms with E-state index in [0.29, 0.717) is 6.07 Å². The fourth-order valence-electron chi connectivity index (χ4n) is 0.862. The van der Waals surface area contributed by atoms with Crippen LogP contribution in [0.3, 0.4) is 0 Å². The van der Waals surface area contributed by atoms with Crippen LogP contribution in [0.25, 0.3) is 0 Å². The molecular formula is C7H32O20S2Y+7. The quantitative estimate of drug-likeness (QED) is 0.186. The first-order chi connectivity index (χ1) is 8.32. The van der Waals surface area contributed by atoms with Gasteiger partial charge < -0.3 is 78.6 Å². The second-order valence-corrected chi connectivity index (χ2v) is 5.01. The smallest absolute Gasteiger partial charge is 0.759 e. The van der Waals surface area contributed by atoms with Crippen molar-refractivity contribution in [1.82, 2.24) is 0 Å². The van der Waals surface area contributed by atoms with Gasteiger partial charge in [0.25, 0.3) is 0 Å². The number of hydrogen-bond acceptors (Lipinski definition) is 9. The molecule has 0 atom stereocenters. The van der Waals surface area contributed by atoms with E-state index in [1.54, 1.807) is 0 Å². The van der Waals surface area contributed by atoms with Crippen LogP contribution in [-0.2, 0) is 91.6 Å².